The number of rotatable bonds is 3. The lowest BCUT2D eigenvalue weighted by atomic mass is 10.0. The van der Waals surface area contributed by atoms with Crippen LogP contribution in [0, 0.1) is 0 Å². The number of nitrogens with zero attached hydrogens (tertiary/aromatic N) is 2. The highest BCUT2D eigenvalue weighted by Crippen LogP contribution is 2.18. The van der Waals surface area contributed by atoms with E-state index in [4.69, 9.17) is 0 Å². The zero-order chi connectivity index (χ0) is 12.1. The van der Waals surface area contributed by atoms with Crippen LogP contribution in [0.5, 0.6) is 0 Å². The molecule has 0 aromatic rings. The van der Waals surface area contributed by atoms with E-state index in [9.17, 15) is 0 Å². The van der Waals surface area contributed by atoms with Gasteiger partial charge < -0.3 is 10.2 Å². The Morgan fingerprint density at radius 1 is 1.18 bits per heavy atom. The van der Waals surface area contributed by atoms with Crippen LogP contribution in [0.3, 0.4) is 0 Å². The summed E-state index contributed by atoms with van der Waals surface area (Å²) in [7, 11) is 0. The highest BCUT2D eigenvalue weighted by Gasteiger charge is 2.24. The first-order chi connectivity index (χ1) is 8.29. The summed E-state index contributed by atoms with van der Waals surface area (Å²) in [5, 5.41) is 3.58. The van der Waals surface area contributed by atoms with Crippen LogP contribution < -0.4 is 5.32 Å². The molecule has 0 aromatic carbocycles. The maximum absolute atomic E-state index is 3.58. The quantitative estimate of drug-likeness (QED) is 0.806. The third kappa shape index (κ3) is 3.94. The molecular weight excluding hydrogens is 210 g/mol. The Balaban J connectivity index is 1.84. The lowest BCUT2D eigenvalue weighted by molar-refractivity contribution is 0.109. The summed E-state index contributed by atoms with van der Waals surface area (Å²) in [5.74, 6) is 0. The van der Waals surface area contributed by atoms with Crippen molar-refractivity contribution in [3.05, 3.63) is 0 Å². The second-order valence-corrected chi connectivity index (χ2v) is 5.75. The van der Waals surface area contributed by atoms with Crippen molar-refractivity contribution in [2.75, 3.05) is 39.3 Å². The number of hydrogen-bond acceptors (Lipinski definition) is 3. The molecule has 100 valence electrons. The molecule has 0 amide bonds. The summed E-state index contributed by atoms with van der Waals surface area (Å²) >= 11 is 0. The maximum Gasteiger partial charge on any atom is 0.0223 e. The Kier molecular flexibility index (Phi) is 5.26. The van der Waals surface area contributed by atoms with Gasteiger partial charge in [0.05, 0.1) is 0 Å². The van der Waals surface area contributed by atoms with Crippen molar-refractivity contribution in [1.82, 2.24) is 15.1 Å². The van der Waals surface area contributed by atoms with E-state index in [0.717, 1.165) is 6.04 Å². The summed E-state index contributed by atoms with van der Waals surface area (Å²) in [6, 6.07) is 1.48. The molecule has 2 heterocycles. The molecule has 0 spiro atoms. The summed E-state index contributed by atoms with van der Waals surface area (Å²) < 4.78 is 0. The van der Waals surface area contributed by atoms with Gasteiger partial charge in [-0.2, -0.15) is 0 Å². The number of hydrogen-bond donors (Lipinski definition) is 1. The summed E-state index contributed by atoms with van der Waals surface area (Å²) in [5.41, 5.74) is 0. The fraction of sp³-hybridized carbons (Fsp3) is 1.00. The summed E-state index contributed by atoms with van der Waals surface area (Å²) in [4.78, 5) is 5.37. The minimum atomic E-state index is 0.663. The molecule has 0 radical (unpaired) electrons. The molecule has 2 fully saturated rings. The van der Waals surface area contributed by atoms with Gasteiger partial charge in [-0.25, -0.2) is 0 Å². The molecule has 17 heavy (non-hydrogen) atoms. The normalized spacial score (nSPS) is 33.5. The second kappa shape index (κ2) is 6.72. The van der Waals surface area contributed by atoms with Crippen LogP contribution in [-0.2, 0) is 0 Å². The molecule has 2 unspecified atom stereocenters. The van der Waals surface area contributed by atoms with Gasteiger partial charge in [0.1, 0.15) is 0 Å². The number of piperidine rings is 1. The van der Waals surface area contributed by atoms with E-state index >= 15 is 0 Å². The van der Waals surface area contributed by atoms with Gasteiger partial charge in [-0.15, -0.1) is 0 Å². The molecule has 2 atom stereocenters. The van der Waals surface area contributed by atoms with Crippen molar-refractivity contribution in [2.45, 2.75) is 51.6 Å². The average molecular weight is 239 g/mol. The largest absolute Gasteiger partial charge is 0.313 e. The third-order valence-corrected chi connectivity index (χ3v) is 4.30. The Labute approximate surface area is 107 Å². The van der Waals surface area contributed by atoms with Crippen molar-refractivity contribution in [3.8, 4) is 0 Å². The van der Waals surface area contributed by atoms with Crippen LogP contribution in [-0.4, -0.2) is 61.2 Å². The number of nitrogens with one attached hydrogen (secondary N) is 1. The Morgan fingerprint density at radius 2 is 2.06 bits per heavy atom. The molecule has 2 rings (SSSR count). The van der Waals surface area contributed by atoms with Crippen LogP contribution >= 0.6 is 0 Å². The van der Waals surface area contributed by atoms with Gasteiger partial charge >= 0.3 is 0 Å². The highest BCUT2D eigenvalue weighted by molar-refractivity contribution is 4.82. The van der Waals surface area contributed by atoms with Gasteiger partial charge in [-0.05, 0) is 52.4 Å². The van der Waals surface area contributed by atoms with Crippen molar-refractivity contribution in [1.29, 1.82) is 0 Å². The Morgan fingerprint density at radius 3 is 2.88 bits per heavy atom. The van der Waals surface area contributed by atoms with Crippen LogP contribution in [0.4, 0.5) is 0 Å². The van der Waals surface area contributed by atoms with E-state index in [2.05, 4.69) is 29.0 Å². The van der Waals surface area contributed by atoms with Crippen LogP contribution in [0.2, 0.25) is 0 Å². The van der Waals surface area contributed by atoms with Gasteiger partial charge in [-0.1, -0.05) is 13.3 Å². The summed E-state index contributed by atoms with van der Waals surface area (Å²) in [6.07, 6.45) is 5.56. The molecule has 2 saturated heterocycles. The van der Waals surface area contributed by atoms with E-state index < -0.39 is 0 Å². The molecule has 0 aliphatic carbocycles. The van der Waals surface area contributed by atoms with Crippen molar-refractivity contribution in [2.24, 2.45) is 0 Å². The summed E-state index contributed by atoms with van der Waals surface area (Å²) in [6.45, 7) is 12.2. The first-order valence-electron chi connectivity index (χ1n) is 7.49. The fourth-order valence-electron chi connectivity index (χ4n) is 3.34. The lowest BCUT2D eigenvalue weighted by Crippen LogP contribution is -2.48. The zero-order valence-corrected chi connectivity index (χ0v) is 11.6. The van der Waals surface area contributed by atoms with E-state index in [1.54, 1.807) is 0 Å². The standard InChI is InChI=1S/C14H29N3/c1-3-17-10-5-4-7-14(17)12-16-9-6-8-15-13(2)11-16/h13-15H,3-12H2,1-2H3. The SMILES string of the molecule is CCN1CCCCC1CN1CCCNC(C)C1. The Bertz CT molecular complexity index is 220. The highest BCUT2D eigenvalue weighted by atomic mass is 15.2. The van der Waals surface area contributed by atoms with E-state index in [1.807, 2.05) is 0 Å². The van der Waals surface area contributed by atoms with Crippen LogP contribution in [0.25, 0.3) is 0 Å². The lowest BCUT2D eigenvalue weighted by Gasteiger charge is -2.38. The predicted octanol–water partition coefficient (Wildman–Crippen LogP) is 1.54. The van der Waals surface area contributed by atoms with Gasteiger partial charge in [0, 0.05) is 25.2 Å². The number of likely N-dealkylation sites (tertiary alicyclic amines) is 1. The smallest absolute Gasteiger partial charge is 0.0223 e. The third-order valence-electron chi connectivity index (χ3n) is 4.30. The molecule has 0 saturated carbocycles. The minimum absolute atomic E-state index is 0.663. The first kappa shape index (κ1) is 13.3. The maximum atomic E-state index is 3.58. The molecule has 3 nitrogen and oxygen atoms in total. The second-order valence-electron chi connectivity index (χ2n) is 5.75. The molecular formula is C14H29N3. The van der Waals surface area contributed by atoms with Crippen molar-refractivity contribution >= 4 is 0 Å². The monoisotopic (exact) mass is 239 g/mol. The van der Waals surface area contributed by atoms with Gasteiger partial charge in [0.25, 0.3) is 0 Å². The Hall–Kier alpha value is -0.120. The van der Waals surface area contributed by atoms with E-state index in [-0.39, 0.29) is 0 Å². The fourth-order valence-corrected chi connectivity index (χ4v) is 3.34. The van der Waals surface area contributed by atoms with E-state index in [1.165, 1.54) is 65.0 Å². The molecule has 2 aliphatic rings. The first-order valence-corrected chi connectivity index (χ1v) is 7.49. The van der Waals surface area contributed by atoms with Crippen molar-refractivity contribution < 1.29 is 0 Å². The molecule has 2 aliphatic heterocycles. The topological polar surface area (TPSA) is 18.5 Å². The molecule has 1 N–H and O–H groups in total. The number of likely N-dealkylation sites (N-methyl/N-ethyl adjacent to an activating group) is 1. The van der Waals surface area contributed by atoms with Gasteiger partial charge in [-0.3, -0.25) is 4.90 Å². The molecule has 0 bridgehead atoms. The van der Waals surface area contributed by atoms with Gasteiger partial charge in [0.15, 0.2) is 0 Å². The average Bonchev–Trinajstić information content (AvgIpc) is 2.54. The molecule has 0 aromatic heterocycles. The van der Waals surface area contributed by atoms with E-state index in [0.29, 0.717) is 6.04 Å². The predicted molar refractivity (Wildman–Crippen MR) is 73.4 cm³/mol. The van der Waals surface area contributed by atoms with Crippen molar-refractivity contribution in [3.63, 3.8) is 0 Å². The van der Waals surface area contributed by atoms with Crippen LogP contribution in [0.15, 0.2) is 0 Å². The zero-order valence-electron chi connectivity index (χ0n) is 11.6. The van der Waals surface area contributed by atoms with Gasteiger partial charge in [0.2, 0.25) is 0 Å². The molecule has 3 heteroatoms. The minimum Gasteiger partial charge on any atom is -0.313 e. The van der Waals surface area contributed by atoms with Crippen LogP contribution in [0.1, 0.15) is 39.5 Å².